The zero-order valence-corrected chi connectivity index (χ0v) is 13.5. The van der Waals surface area contributed by atoms with Crippen LogP contribution in [0.15, 0.2) is 53.0 Å². The second-order valence-corrected chi connectivity index (χ2v) is 5.55. The molecule has 0 bridgehead atoms. The van der Waals surface area contributed by atoms with Gasteiger partial charge in [-0.25, -0.2) is 0 Å². The Morgan fingerprint density at radius 2 is 1.86 bits per heavy atom. The van der Waals surface area contributed by atoms with E-state index in [1.165, 1.54) is 24.3 Å². The molecule has 0 unspecified atom stereocenters. The van der Waals surface area contributed by atoms with Crippen LogP contribution in [0.2, 0.25) is 0 Å². The molecule has 0 fully saturated rings. The molecular weight excluding hydrogens is 370 g/mol. The number of nitrogens with zero attached hydrogens (tertiary/aromatic N) is 1. The van der Waals surface area contributed by atoms with Crippen molar-refractivity contribution in [1.82, 2.24) is 5.32 Å². The molecule has 0 saturated carbocycles. The first-order valence-corrected chi connectivity index (χ1v) is 7.28. The molecule has 2 aromatic rings. The van der Waals surface area contributed by atoms with Crippen molar-refractivity contribution in [3.05, 3.63) is 68.7 Å². The van der Waals surface area contributed by atoms with Crippen molar-refractivity contribution in [1.29, 1.82) is 0 Å². The van der Waals surface area contributed by atoms with Gasteiger partial charge in [-0.05, 0) is 42.5 Å². The minimum atomic E-state index is -0.527. The number of nitro benzene ring substituents is 1. The summed E-state index contributed by atoms with van der Waals surface area (Å²) in [5, 5.41) is 16.1. The van der Waals surface area contributed by atoms with Gasteiger partial charge in [0.15, 0.2) is 5.11 Å². The predicted molar refractivity (Wildman–Crippen MR) is 90.9 cm³/mol. The fraction of sp³-hybridized carbons (Fsp3) is 0. The Kier molecular flexibility index (Phi) is 5.18. The molecule has 0 spiro atoms. The Labute approximate surface area is 139 Å². The number of non-ortho nitro benzene ring substituents is 1. The minimum Gasteiger partial charge on any atom is -0.332 e. The molecular formula is C14H10BrN3O3S. The highest BCUT2D eigenvalue weighted by Gasteiger charge is 2.10. The van der Waals surface area contributed by atoms with Gasteiger partial charge in [0.25, 0.3) is 11.6 Å². The Bertz CT molecular complexity index is 734. The standard InChI is InChI=1S/C14H10BrN3O3S/c15-10-2-1-3-11(8-10)16-14(22)17-13(19)9-4-6-12(7-5-9)18(20)21/h1-8H,(H2,16,17,19,22). The molecule has 0 aromatic heterocycles. The summed E-state index contributed by atoms with van der Waals surface area (Å²) in [5.74, 6) is -0.442. The molecule has 0 radical (unpaired) electrons. The van der Waals surface area contributed by atoms with Crippen molar-refractivity contribution in [3.63, 3.8) is 0 Å². The normalized spacial score (nSPS) is 9.86. The fourth-order valence-corrected chi connectivity index (χ4v) is 2.25. The maximum Gasteiger partial charge on any atom is 0.269 e. The molecule has 0 saturated heterocycles. The number of nitrogens with one attached hydrogen (secondary N) is 2. The van der Waals surface area contributed by atoms with E-state index < -0.39 is 10.8 Å². The molecule has 0 aliphatic carbocycles. The van der Waals surface area contributed by atoms with E-state index >= 15 is 0 Å². The van der Waals surface area contributed by atoms with Crippen LogP contribution < -0.4 is 10.6 Å². The lowest BCUT2D eigenvalue weighted by molar-refractivity contribution is -0.384. The van der Waals surface area contributed by atoms with Crippen LogP contribution in [0, 0.1) is 10.1 Å². The highest BCUT2D eigenvalue weighted by molar-refractivity contribution is 9.10. The van der Waals surface area contributed by atoms with E-state index in [1.54, 1.807) is 6.07 Å². The van der Waals surface area contributed by atoms with Crippen molar-refractivity contribution >= 4 is 50.5 Å². The second kappa shape index (κ2) is 7.10. The average Bonchev–Trinajstić information content (AvgIpc) is 2.47. The van der Waals surface area contributed by atoms with Crippen LogP contribution in [-0.2, 0) is 0 Å². The van der Waals surface area contributed by atoms with E-state index in [1.807, 2.05) is 18.2 Å². The van der Waals surface area contributed by atoms with Gasteiger partial charge in [-0.3, -0.25) is 20.2 Å². The molecule has 22 heavy (non-hydrogen) atoms. The van der Waals surface area contributed by atoms with E-state index in [4.69, 9.17) is 12.2 Å². The number of anilines is 1. The smallest absolute Gasteiger partial charge is 0.269 e. The molecule has 0 heterocycles. The third kappa shape index (κ3) is 4.34. The van der Waals surface area contributed by atoms with Crippen LogP contribution in [-0.4, -0.2) is 15.9 Å². The van der Waals surface area contributed by atoms with Gasteiger partial charge in [0.2, 0.25) is 0 Å². The highest BCUT2D eigenvalue weighted by atomic mass is 79.9. The summed E-state index contributed by atoms with van der Waals surface area (Å²) < 4.78 is 0.877. The number of thiocarbonyl (C=S) groups is 1. The second-order valence-electron chi connectivity index (χ2n) is 4.22. The summed E-state index contributed by atoms with van der Waals surface area (Å²) in [6, 6.07) is 12.6. The van der Waals surface area contributed by atoms with E-state index in [-0.39, 0.29) is 16.4 Å². The van der Waals surface area contributed by atoms with Crippen LogP contribution >= 0.6 is 28.1 Å². The van der Waals surface area contributed by atoms with Crippen molar-refractivity contribution in [2.45, 2.75) is 0 Å². The molecule has 1 amide bonds. The lowest BCUT2D eigenvalue weighted by atomic mass is 10.2. The molecule has 0 atom stereocenters. The van der Waals surface area contributed by atoms with Gasteiger partial charge >= 0.3 is 0 Å². The largest absolute Gasteiger partial charge is 0.332 e. The molecule has 2 N–H and O–H groups in total. The number of rotatable bonds is 3. The van der Waals surface area contributed by atoms with Gasteiger partial charge in [-0.15, -0.1) is 0 Å². The monoisotopic (exact) mass is 379 g/mol. The number of halogens is 1. The molecule has 0 aliphatic rings. The molecule has 8 heteroatoms. The third-order valence-corrected chi connectivity index (χ3v) is 3.35. The lowest BCUT2D eigenvalue weighted by Crippen LogP contribution is -2.34. The number of benzene rings is 2. The van der Waals surface area contributed by atoms with Crippen molar-refractivity contribution in [3.8, 4) is 0 Å². The number of hydrogen-bond acceptors (Lipinski definition) is 4. The van der Waals surface area contributed by atoms with E-state index in [9.17, 15) is 14.9 Å². The van der Waals surface area contributed by atoms with Crippen LogP contribution in [0.5, 0.6) is 0 Å². The molecule has 112 valence electrons. The summed E-state index contributed by atoms with van der Waals surface area (Å²) in [4.78, 5) is 22.0. The van der Waals surface area contributed by atoms with Gasteiger partial charge < -0.3 is 5.32 Å². The minimum absolute atomic E-state index is 0.0774. The fourth-order valence-electron chi connectivity index (χ4n) is 1.64. The Hall–Kier alpha value is -2.32. The van der Waals surface area contributed by atoms with Gasteiger partial charge in [0, 0.05) is 27.9 Å². The first-order valence-electron chi connectivity index (χ1n) is 6.08. The summed E-state index contributed by atoms with van der Waals surface area (Å²) in [6.45, 7) is 0. The highest BCUT2D eigenvalue weighted by Crippen LogP contribution is 2.15. The molecule has 2 aromatic carbocycles. The first-order chi connectivity index (χ1) is 10.5. The summed E-state index contributed by atoms with van der Waals surface area (Å²) in [7, 11) is 0. The summed E-state index contributed by atoms with van der Waals surface area (Å²) >= 11 is 8.39. The quantitative estimate of drug-likeness (QED) is 0.484. The van der Waals surface area contributed by atoms with Gasteiger partial charge in [-0.2, -0.15) is 0 Å². The Morgan fingerprint density at radius 3 is 2.45 bits per heavy atom. The summed E-state index contributed by atoms with van der Waals surface area (Å²) in [6.07, 6.45) is 0. The molecule has 2 rings (SSSR count). The average molecular weight is 380 g/mol. The van der Waals surface area contributed by atoms with Crippen LogP contribution in [0.1, 0.15) is 10.4 Å². The van der Waals surface area contributed by atoms with Crippen molar-refractivity contribution < 1.29 is 9.72 Å². The van der Waals surface area contributed by atoms with E-state index in [2.05, 4.69) is 26.6 Å². The number of carbonyl (C=O) groups excluding carboxylic acids is 1. The Balaban J connectivity index is 1.99. The SMILES string of the molecule is O=C(NC(=S)Nc1cccc(Br)c1)c1ccc([N+](=O)[O-])cc1. The topological polar surface area (TPSA) is 84.3 Å². The maximum atomic E-state index is 12.0. The molecule has 6 nitrogen and oxygen atoms in total. The summed E-state index contributed by atoms with van der Waals surface area (Å²) in [5.41, 5.74) is 0.929. The van der Waals surface area contributed by atoms with Crippen LogP contribution in [0.25, 0.3) is 0 Å². The van der Waals surface area contributed by atoms with Gasteiger partial charge in [0.1, 0.15) is 0 Å². The van der Waals surface area contributed by atoms with Crippen LogP contribution in [0.4, 0.5) is 11.4 Å². The third-order valence-electron chi connectivity index (χ3n) is 2.65. The van der Waals surface area contributed by atoms with Gasteiger partial charge in [0.05, 0.1) is 4.92 Å². The van der Waals surface area contributed by atoms with Gasteiger partial charge in [-0.1, -0.05) is 22.0 Å². The van der Waals surface area contributed by atoms with Crippen molar-refractivity contribution in [2.24, 2.45) is 0 Å². The first kappa shape index (κ1) is 16.1. The lowest BCUT2D eigenvalue weighted by Gasteiger charge is -2.09. The van der Waals surface area contributed by atoms with Crippen LogP contribution in [0.3, 0.4) is 0 Å². The zero-order valence-electron chi connectivity index (χ0n) is 11.1. The molecule has 0 aliphatic heterocycles. The Morgan fingerprint density at radius 1 is 1.18 bits per heavy atom. The number of amides is 1. The zero-order chi connectivity index (χ0) is 16.1. The number of nitro groups is 1. The van der Waals surface area contributed by atoms with E-state index in [0.717, 1.165) is 10.2 Å². The predicted octanol–water partition coefficient (Wildman–Crippen LogP) is 3.48. The van der Waals surface area contributed by atoms with Crippen molar-refractivity contribution in [2.75, 3.05) is 5.32 Å². The number of hydrogen-bond donors (Lipinski definition) is 2. The number of carbonyl (C=O) groups is 1. The van der Waals surface area contributed by atoms with E-state index in [0.29, 0.717) is 0 Å². The maximum absolute atomic E-state index is 12.0.